The number of nitrogen functional groups attached to an aromatic ring is 1. The Labute approximate surface area is 134 Å². The van der Waals surface area contributed by atoms with Gasteiger partial charge in [-0.05, 0) is 26.3 Å². The van der Waals surface area contributed by atoms with Crippen LogP contribution < -0.4 is 5.73 Å². The van der Waals surface area contributed by atoms with Crippen molar-refractivity contribution in [3.8, 4) is 28.5 Å². The second-order valence-corrected chi connectivity index (χ2v) is 5.40. The van der Waals surface area contributed by atoms with E-state index < -0.39 is 0 Å². The summed E-state index contributed by atoms with van der Waals surface area (Å²) in [7, 11) is 0. The predicted octanol–water partition coefficient (Wildman–Crippen LogP) is 3.78. The van der Waals surface area contributed by atoms with Gasteiger partial charge in [-0.2, -0.15) is 5.26 Å². The molecule has 3 rings (SSSR count). The molecule has 0 atom stereocenters. The summed E-state index contributed by atoms with van der Waals surface area (Å²) in [6, 6.07) is 11.9. The highest BCUT2D eigenvalue weighted by Gasteiger charge is 2.23. The fourth-order valence-corrected chi connectivity index (χ4v) is 2.84. The molecule has 0 aliphatic rings. The molecule has 0 spiro atoms. The molecule has 0 fully saturated rings. The van der Waals surface area contributed by atoms with E-state index in [1.165, 1.54) is 0 Å². The molecule has 0 saturated heterocycles. The maximum absolute atomic E-state index is 9.54. The van der Waals surface area contributed by atoms with E-state index in [1.54, 1.807) is 0 Å². The van der Waals surface area contributed by atoms with E-state index in [4.69, 9.17) is 10.3 Å². The molecule has 0 aliphatic heterocycles. The third-order valence-corrected chi connectivity index (χ3v) is 3.91. The summed E-state index contributed by atoms with van der Waals surface area (Å²) in [5.74, 6) is 0.874. The van der Waals surface area contributed by atoms with Gasteiger partial charge in [0.25, 0.3) is 0 Å². The molecule has 5 heteroatoms. The summed E-state index contributed by atoms with van der Waals surface area (Å²) in [5.41, 5.74) is 11.3. The van der Waals surface area contributed by atoms with Crippen LogP contribution in [-0.2, 0) is 0 Å². The number of benzene rings is 1. The first kappa shape index (κ1) is 14.8. The van der Waals surface area contributed by atoms with Crippen LogP contribution in [-0.4, -0.2) is 10.1 Å². The molecular formula is C18H16N4O. The van der Waals surface area contributed by atoms with E-state index in [2.05, 4.69) is 16.2 Å². The average molecular weight is 304 g/mol. The number of rotatable bonds is 2. The Kier molecular flexibility index (Phi) is 3.59. The number of nitrogens with two attached hydrogens (primary N) is 1. The monoisotopic (exact) mass is 304 g/mol. The first-order valence-electron chi connectivity index (χ1n) is 7.23. The Morgan fingerprint density at radius 2 is 1.78 bits per heavy atom. The maximum atomic E-state index is 9.54. The summed E-state index contributed by atoms with van der Waals surface area (Å²) >= 11 is 0. The summed E-state index contributed by atoms with van der Waals surface area (Å²) in [6.07, 6.45) is 0. The normalized spacial score (nSPS) is 10.5. The van der Waals surface area contributed by atoms with Gasteiger partial charge in [0.05, 0.1) is 11.4 Å². The van der Waals surface area contributed by atoms with E-state index in [0.717, 1.165) is 33.6 Å². The molecule has 2 N–H and O–H groups in total. The number of hydrogen-bond acceptors (Lipinski definition) is 5. The summed E-state index contributed by atoms with van der Waals surface area (Å²) < 4.78 is 5.27. The van der Waals surface area contributed by atoms with Gasteiger partial charge in [-0.1, -0.05) is 35.5 Å². The van der Waals surface area contributed by atoms with E-state index in [0.29, 0.717) is 11.3 Å². The van der Waals surface area contributed by atoms with Crippen LogP contribution in [0.1, 0.15) is 22.6 Å². The van der Waals surface area contributed by atoms with Crippen molar-refractivity contribution in [2.75, 3.05) is 5.73 Å². The Hall–Kier alpha value is -3.13. The Bertz CT molecular complexity index is 901. The van der Waals surface area contributed by atoms with Gasteiger partial charge in [0.1, 0.15) is 23.2 Å². The van der Waals surface area contributed by atoms with Crippen LogP contribution in [0.25, 0.3) is 22.4 Å². The molecule has 23 heavy (non-hydrogen) atoms. The van der Waals surface area contributed by atoms with Crippen LogP contribution in [0.3, 0.4) is 0 Å². The summed E-state index contributed by atoms with van der Waals surface area (Å²) in [6.45, 7) is 5.62. The molecule has 0 aliphatic carbocycles. The standard InChI is InChI=1S/C18H16N4O/c1-10-15(16-11(2)22-23-12(16)3)14(9-19)18(20)21-17(10)13-7-5-4-6-8-13/h4-8H,1-3H3,(H2,20,21). The van der Waals surface area contributed by atoms with Gasteiger partial charge in [0.15, 0.2) is 0 Å². The molecule has 5 nitrogen and oxygen atoms in total. The Balaban J connectivity index is 2.40. The second kappa shape index (κ2) is 5.58. The molecule has 0 radical (unpaired) electrons. The van der Waals surface area contributed by atoms with Crippen LogP contribution in [0, 0.1) is 32.1 Å². The fraction of sp³-hybridized carbons (Fsp3) is 0.167. The number of nitriles is 1. The molecule has 1 aromatic carbocycles. The van der Waals surface area contributed by atoms with Crippen molar-refractivity contribution in [2.45, 2.75) is 20.8 Å². The van der Waals surface area contributed by atoms with Crippen LogP contribution in [0.2, 0.25) is 0 Å². The first-order chi connectivity index (χ1) is 11.0. The third-order valence-electron chi connectivity index (χ3n) is 3.91. The minimum Gasteiger partial charge on any atom is -0.383 e. The minimum absolute atomic E-state index is 0.215. The van der Waals surface area contributed by atoms with Crippen molar-refractivity contribution in [1.82, 2.24) is 10.1 Å². The molecular weight excluding hydrogens is 288 g/mol. The number of pyridine rings is 1. The lowest BCUT2D eigenvalue weighted by Crippen LogP contribution is -2.04. The molecule has 0 saturated carbocycles. The lowest BCUT2D eigenvalue weighted by atomic mass is 9.92. The van der Waals surface area contributed by atoms with Gasteiger partial charge >= 0.3 is 0 Å². The highest BCUT2D eigenvalue weighted by molar-refractivity contribution is 5.85. The van der Waals surface area contributed by atoms with Crippen molar-refractivity contribution >= 4 is 5.82 Å². The van der Waals surface area contributed by atoms with Gasteiger partial charge in [-0.3, -0.25) is 0 Å². The smallest absolute Gasteiger partial charge is 0.142 e. The van der Waals surface area contributed by atoms with Gasteiger partial charge in [-0.15, -0.1) is 0 Å². The van der Waals surface area contributed by atoms with Crippen molar-refractivity contribution in [2.24, 2.45) is 0 Å². The molecule has 3 aromatic rings. The molecule has 114 valence electrons. The number of anilines is 1. The lowest BCUT2D eigenvalue weighted by Gasteiger charge is -2.14. The molecule has 0 unspecified atom stereocenters. The largest absolute Gasteiger partial charge is 0.383 e. The zero-order valence-electron chi connectivity index (χ0n) is 13.2. The van der Waals surface area contributed by atoms with Gasteiger partial charge in [-0.25, -0.2) is 4.98 Å². The van der Waals surface area contributed by atoms with Crippen molar-refractivity contribution in [3.63, 3.8) is 0 Å². The van der Waals surface area contributed by atoms with Crippen LogP contribution >= 0.6 is 0 Å². The third kappa shape index (κ3) is 2.34. The van der Waals surface area contributed by atoms with Crippen molar-refractivity contribution < 1.29 is 4.52 Å². The highest BCUT2D eigenvalue weighted by Crippen LogP contribution is 2.38. The average Bonchev–Trinajstić information content (AvgIpc) is 2.88. The summed E-state index contributed by atoms with van der Waals surface area (Å²) in [4.78, 5) is 4.45. The molecule has 0 amide bonds. The molecule has 2 aromatic heterocycles. The zero-order valence-corrected chi connectivity index (χ0v) is 13.2. The highest BCUT2D eigenvalue weighted by atomic mass is 16.5. The number of nitrogens with zero attached hydrogens (tertiary/aromatic N) is 3. The molecule has 2 heterocycles. The fourth-order valence-electron chi connectivity index (χ4n) is 2.84. The van der Waals surface area contributed by atoms with Gasteiger partial charge in [0.2, 0.25) is 0 Å². The van der Waals surface area contributed by atoms with E-state index in [9.17, 15) is 5.26 Å². The topological polar surface area (TPSA) is 88.7 Å². The lowest BCUT2D eigenvalue weighted by molar-refractivity contribution is 0.393. The van der Waals surface area contributed by atoms with Gasteiger partial charge < -0.3 is 10.3 Å². The van der Waals surface area contributed by atoms with E-state index >= 15 is 0 Å². The number of aryl methyl sites for hydroxylation is 2. The van der Waals surface area contributed by atoms with E-state index in [1.807, 2.05) is 51.1 Å². The van der Waals surface area contributed by atoms with Crippen LogP contribution in [0.5, 0.6) is 0 Å². The van der Waals surface area contributed by atoms with Crippen LogP contribution in [0.4, 0.5) is 5.82 Å². The summed E-state index contributed by atoms with van der Waals surface area (Å²) in [5, 5.41) is 13.5. The van der Waals surface area contributed by atoms with Crippen molar-refractivity contribution in [1.29, 1.82) is 5.26 Å². The second-order valence-electron chi connectivity index (χ2n) is 5.40. The van der Waals surface area contributed by atoms with Crippen molar-refractivity contribution in [3.05, 3.63) is 52.9 Å². The minimum atomic E-state index is 0.215. The molecule has 0 bridgehead atoms. The maximum Gasteiger partial charge on any atom is 0.142 e. The zero-order chi connectivity index (χ0) is 16.6. The SMILES string of the molecule is Cc1noc(C)c1-c1c(C)c(-c2ccccc2)nc(N)c1C#N. The van der Waals surface area contributed by atoms with Gasteiger partial charge in [0, 0.05) is 16.7 Å². The Morgan fingerprint density at radius 3 is 2.35 bits per heavy atom. The van der Waals surface area contributed by atoms with E-state index in [-0.39, 0.29) is 5.82 Å². The quantitative estimate of drug-likeness (QED) is 0.778. The number of hydrogen-bond donors (Lipinski definition) is 1. The Morgan fingerprint density at radius 1 is 1.09 bits per heavy atom. The number of aromatic nitrogens is 2. The van der Waals surface area contributed by atoms with Crippen LogP contribution in [0.15, 0.2) is 34.9 Å². The predicted molar refractivity (Wildman–Crippen MR) is 88.5 cm³/mol. The first-order valence-corrected chi connectivity index (χ1v) is 7.23.